The molecule has 21 heavy (non-hydrogen) atoms. The van der Waals surface area contributed by atoms with Crippen LogP contribution in [0.2, 0.25) is 10.0 Å². The maximum absolute atomic E-state index is 12.0. The predicted molar refractivity (Wildman–Crippen MR) is 88.1 cm³/mol. The highest BCUT2D eigenvalue weighted by Gasteiger charge is 2.16. The molecule has 0 radical (unpaired) electrons. The van der Waals surface area contributed by atoms with Crippen LogP contribution in [0.1, 0.15) is 0 Å². The van der Waals surface area contributed by atoms with Crippen molar-refractivity contribution >= 4 is 39.1 Å². The number of nitrogens with one attached hydrogen (secondary N) is 1. The second-order valence-electron chi connectivity index (χ2n) is 4.56. The van der Waals surface area contributed by atoms with Crippen LogP contribution in [0.3, 0.4) is 0 Å². The molecule has 0 atom stereocenters. The summed E-state index contributed by atoms with van der Waals surface area (Å²) in [5.41, 5.74) is 1.98. The summed E-state index contributed by atoms with van der Waals surface area (Å²) in [6.45, 7) is 0. The van der Waals surface area contributed by atoms with E-state index >= 15 is 0 Å². The summed E-state index contributed by atoms with van der Waals surface area (Å²) in [6, 6.07) is 12.3. The van der Waals surface area contributed by atoms with Crippen molar-refractivity contribution < 1.29 is 8.42 Å². The fraction of sp³-hybridized carbons (Fsp3) is 0.143. The topological polar surface area (TPSA) is 49.4 Å². The van der Waals surface area contributed by atoms with Crippen molar-refractivity contribution in [3.8, 4) is 11.1 Å². The van der Waals surface area contributed by atoms with Gasteiger partial charge >= 0.3 is 10.2 Å². The van der Waals surface area contributed by atoms with Gasteiger partial charge in [-0.05, 0) is 23.8 Å². The van der Waals surface area contributed by atoms with Crippen LogP contribution in [0.25, 0.3) is 11.1 Å². The number of hydrogen-bond donors (Lipinski definition) is 1. The first-order chi connectivity index (χ1) is 9.81. The smallest absolute Gasteiger partial charge is 0.270 e. The van der Waals surface area contributed by atoms with Crippen LogP contribution in [0.15, 0.2) is 42.5 Å². The predicted octanol–water partition coefficient (Wildman–Crippen LogP) is 3.88. The minimum Gasteiger partial charge on any atom is -0.270 e. The average Bonchev–Trinajstić information content (AvgIpc) is 2.42. The molecule has 0 bridgehead atoms. The Bertz CT molecular complexity index is 761. The first-order valence-corrected chi connectivity index (χ1v) is 8.25. The maximum Gasteiger partial charge on any atom is 0.301 e. The van der Waals surface area contributed by atoms with Crippen molar-refractivity contribution in [2.75, 3.05) is 18.8 Å². The van der Waals surface area contributed by atoms with Crippen LogP contribution in [-0.4, -0.2) is 26.8 Å². The Balaban J connectivity index is 2.49. The lowest BCUT2D eigenvalue weighted by Gasteiger charge is -2.16. The molecule has 0 unspecified atom stereocenters. The molecule has 1 N–H and O–H groups in total. The molecule has 0 saturated carbocycles. The van der Waals surface area contributed by atoms with Crippen LogP contribution in [0.4, 0.5) is 5.69 Å². The number of rotatable bonds is 4. The zero-order valence-corrected chi connectivity index (χ0v) is 13.8. The Morgan fingerprint density at radius 2 is 1.67 bits per heavy atom. The molecule has 7 heteroatoms. The van der Waals surface area contributed by atoms with Gasteiger partial charge in [0.25, 0.3) is 0 Å². The van der Waals surface area contributed by atoms with Gasteiger partial charge in [-0.25, -0.2) is 0 Å². The highest BCUT2D eigenvalue weighted by Crippen LogP contribution is 2.33. The third-order valence-corrected chi connectivity index (χ3v) is 5.06. The van der Waals surface area contributed by atoms with Gasteiger partial charge in [0, 0.05) is 19.7 Å². The second-order valence-corrected chi connectivity index (χ2v) is 7.26. The first-order valence-electron chi connectivity index (χ1n) is 6.06. The van der Waals surface area contributed by atoms with Crippen molar-refractivity contribution in [2.24, 2.45) is 0 Å². The number of halogens is 2. The van der Waals surface area contributed by atoms with E-state index in [4.69, 9.17) is 23.2 Å². The van der Waals surface area contributed by atoms with Crippen molar-refractivity contribution in [2.45, 2.75) is 0 Å². The molecule has 0 aliphatic heterocycles. The molecule has 4 nitrogen and oxygen atoms in total. The van der Waals surface area contributed by atoms with Gasteiger partial charge < -0.3 is 0 Å². The van der Waals surface area contributed by atoms with Gasteiger partial charge in [0.1, 0.15) is 0 Å². The SMILES string of the molecule is CN(C)S(=O)(=O)Nc1ccccc1-c1ccc(Cl)c(Cl)c1. The number of nitrogens with zero attached hydrogens (tertiary/aromatic N) is 1. The third-order valence-electron chi connectivity index (χ3n) is 2.88. The maximum atomic E-state index is 12.0. The Hall–Kier alpha value is -1.27. The van der Waals surface area contributed by atoms with Crippen LogP contribution in [0.5, 0.6) is 0 Å². The molecule has 0 fully saturated rings. The molecule has 0 spiro atoms. The van der Waals surface area contributed by atoms with E-state index in [-0.39, 0.29) is 0 Å². The Labute approximate surface area is 134 Å². The second kappa shape index (κ2) is 6.23. The third kappa shape index (κ3) is 3.68. The molecular weight excluding hydrogens is 331 g/mol. The molecule has 0 aliphatic carbocycles. The van der Waals surface area contributed by atoms with Gasteiger partial charge in [0.05, 0.1) is 15.7 Å². The van der Waals surface area contributed by atoms with Gasteiger partial charge in [0.15, 0.2) is 0 Å². The van der Waals surface area contributed by atoms with E-state index in [2.05, 4.69) is 4.72 Å². The van der Waals surface area contributed by atoms with Crippen LogP contribution in [0, 0.1) is 0 Å². The minimum absolute atomic E-state index is 0.416. The van der Waals surface area contributed by atoms with E-state index in [9.17, 15) is 8.42 Å². The number of para-hydroxylation sites is 1. The summed E-state index contributed by atoms with van der Waals surface area (Å²) in [5.74, 6) is 0. The average molecular weight is 345 g/mol. The Morgan fingerprint density at radius 1 is 1.00 bits per heavy atom. The summed E-state index contributed by atoms with van der Waals surface area (Å²) >= 11 is 11.9. The summed E-state index contributed by atoms with van der Waals surface area (Å²) in [6.07, 6.45) is 0. The molecule has 0 saturated heterocycles. The van der Waals surface area contributed by atoms with Gasteiger partial charge in [0.2, 0.25) is 0 Å². The summed E-state index contributed by atoms with van der Waals surface area (Å²) in [5, 5.41) is 0.867. The standard InChI is InChI=1S/C14H14Cl2N2O2S/c1-18(2)21(19,20)17-14-6-4-3-5-11(14)10-7-8-12(15)13(16)9-10/h3-9,17H,1-2H3. The lowest BCUT2D eigenvalue weighted by Crippen LogP contribution is -2.29. The molecule has 0 aliphatic rings. The van der Waals surface area contributed by atoms with E-state index < -0.39 is 10.2 Å². The van der Waals surface area contributed by atoms with Crippen molar-refractivity contribution in [3.63, 3.8) is 0 Å². The monoisotopic (exact) mass is 344 g/mol. The lowest BCUT2D eigenvalue weighted by molar-refractivity contribution is 0.527. The summed E-state index contributed by atoms with van der Waals surface area (Å²) in [7, 11) is -0.651. The highest BCUT2D eigenvalue weighted by atomic mass is 35.5. The fourth-order valence-electron chi connectivity index (χ4n) is 1.72. The van der Waals surface area contributed by atoms with Gasteiger partial charge in [-0.2, -0.15) is 12.7 Å². The number of hydrogen-bond acceptors (Lipinski definition) is 2. The normalized spacial score (nSPS) is 11.7. The molecule has 2 aromatic rings. The van der Waals surface area contributed by atoms with Gasteiger partial charge in [-0.3, -0.25) is 4.72 Å². The van der Waals surface area contributed by atoms with Crippen molar-refractivity contribution in [1.82, 2.24) is 4.31 Å². The number of anilines is 1. The molecule has 0 heterocycles. The molecule has 112 valence electrons. The van der Waals surface area contributed by atoms with E-state index in [0.717, 1.165) is 15.4 Å². The zero-order chi connectivity index (χ0) is 15.6. The van der Waals surface area contributed by atoms with Crippen molar-refractivity contribution in [1.29, 1.82) is 0 Å². The van der Waals surface area contributed by atoms with Gasteiger partial charge in [-0.1, -0.05) is 47.5 Å². The van der Waals surface area contributed by atoms with E-state index in [1.54, 1.807) is 30.3 Å². The molecule has 2 aromatic carbocycles. The quantitative estimate of drug-likeness (QED) is 0.914. The van der Waals surface area contributed by atoms with E-state index in [0.29, 0.717) is 15.7 Å². The van der Waals surface area contributed by atoms with Crippen LogP contribution in [-0.2, 0) is 10.2 Å². The molecular formula is C14H14Cl2N2O2S. The first kappa shape index (κ1) is 16.1. The Kier molecular flexibility index (Phi) is 4.78. The summed E-state index contributed by atoms with van der Waals surface area (Å²) in [4.78, 5) is 0. The molecule has 2 rings (SSSR count). The van der Waals surface area contributed by atoms with E-state index in [1.807, 2.05) is 12.1 Å². The van der Waals surface area contributed by atoms with Gasteiger partial charge in [-0.15, -0.1) is 0 Å². The van der Waals surface area contributed by atoms with E-state index in [1.165, 1.54) is 14.1 Å². The number of benzene rings is 2. The van der Waals surface area contributed by atoms with Crippen LogP contribution < -0.4 is 4.72 Å². The Morgan fingerprint density at radius 3 is 2.29 bits per heavy atom. The largest absolute Gasteiger partial charge is 0.301 e. The minimum atomic E-state index is -3.58. The fourth-order valence-corrected chi connectivity index (χ4v) is 2.65. The lowest BCUT2D eigenvalue weighted by atomic mass is 10.0. The summed E-state index contributed by atoms with van der Waals surface area (Å²) < 4.78 is 27.6. The highest BCUT2D eigenvalue weighted by molar-refractivity contribution is 7.90. The van der Waals surface area contributed by atoms with Crippen LogP contribution >= 0.6 is 23.2 Å². The van der Waals surface area contributed by atoms with Crippen molar-refractivity contribution in [3.05, 3.63) is 52.5 Å². The molecule has 0 aromatic heterocycles. The molecule has 0 amide bonds. The zero-order valence-electron chi connectivity index (χ0n) is 11.5.